The number of rotatable bonds is 0. The van der Waals surface area contributed by atoms with Crippen molar-refractivity contribution in [2.75, 3.05) is 0 Å². The minimum atomic E-state index is 1.36. The van der Waals surface area contributed by atoms with Crippen LogP contribution in [-0.4, -0.2) is 0 Å². The Balaban J connectivity index is 1.95. The first-order valence-electron chi connectivity index (χ1n) is 9.97. The third-order valence-electron chi connectivity index (χ3n) is 7.42. The largest absolute Gasteiger partial charge is 0.0610 e. The topological polar surface area (TPSA) is 0 Å². The van der Waals surface area contributed by atoms with Crippen LogP contribution in [-0.2, 0) is 0 Å². The van der Waals surface area contributed by atoms with Crippen LogP contribution >= 0.6 is 0 Å². The van der Waals surface area contributed by atoms with Crippen molar-refractivity contribution in [3.63, 3.8) is 0 Å². The average molecular weight is 348 g/mol. The second-order valence-corrected chi connectivity index (χ2v) is 8.44. The van der Waals surface area contributed by atoms with E-state index in [1.165, 1.54) is 86.2 Å². The van der Waals surface area contributed by atoms with E-state index in [2.05, 4.69) is 72.8 Å². The fourth-order valence-corrected chi connectivity index (χ4v) is 6.49. The van der Waals surface area contributed by atoms with E-state index < -0.39 is 0 Å². The van der Waals surface area contributed by atoms with Gasteiger partial charge in [-0.05, 0) is 86.2 Å². The molecule has 0 aromatic heterocycles. The Morgan fingerprint density at radius 1 is 0.250 bits per heavy atom. The van der Waals surface area contributed by atoms with E-state index in [0.717, 1.165) is 0 Å². The molecular weight excluding hydrogens is 336 g/mol. The van der Waals surface area contributed by atoms with E-state index in [-0.39, 0.29) is 0 Å². The second-order valence-electron chi connectivity index (χ2n) is 8.44. The molecule has 0 unspecified atom stereocenters. The second kappa shape index (κ2) is 3.68. The Bertz CT molecular complexity index is 1860. The molecule has 0 N–H and O–H groups in total. The SMILES string of the molecule is c1cc2c3cccc4c5ccc6ccc7ccc8c(c1)c2c1c8c7c6c5c1c34. The fourth-order valence-electron chi connectivity index (χ4n) is 6.49. The van der Waals surface area contributed by atoms with Crippen molar-refractivity contribution >= 4 is 86.2 Å². The molecule has 28 heavy (non-hydrogen) atoms. The van der Waals surface area contributed by atoms with Crippen LogP contribution in [0.25, 0.3) is 86.2 Å². The van der Waals surface area contributed by atoms with E-state index in [1.807, 2.05) is 0 Å². The summed E-state index contributed by atoms with van der Waals surface area (Å²) in [6.07, 6.45) is 0. The van der Waals surface area contributed by atoms with Crippen LogP contribution in [0.3, 0.4) is 0 Å². The van der Waals surface area contributed by atoms with Gasteiger partial charge in [0, 0.05) is 0 Å². The molecule has 0 aliphatic heterocycles. The molecular formula is C28H12. The van der Waals surface area contributed by atoms with Crippen molar-refractivity contribution < 1.29 is 0 Å². The summed E-state index contributed by atoms with van der Waals surface area (Å²) >= 11 is 0. The zero-order valence-electron chi connectivity index (χ0n) is 14.9. The first-order chi connectivity index (χ1) is 13.9. The zero-order chi connectivity index (χ0) is 17.7. The van der Waals surface area contributed by atoms with E-state index in [1.54, 1.807) is 0 Å². The first-order valence-corrected chi connectivity index (χ1v) is 9.97. The summed E-state index contributed by atoms with van der Waals surface area (Å²) in [7, 11) is 0. The van der Waals surface area contributed by atoms with Crippen LogP contribution in [0, 0.1) is 0 Å². The molecule has 0 heteroatoms. The summed E-state index contributed by atoms with van der Waals surface area (Å²) in [5, 5.41) is 23.0. The Kier molecular flexibility index (Phi) is 1.67. The van der Waals surface area contributed by atoms with Crippen LogP contribution in [0.5, 0.6) is 0 Å². The third kappa shape index (κ3) is 1.03. The van der Waals surface area contributed by atoms with Gasteiger partial charge in [0.1, 0.15) is 0 Å². The Hall–Kier alpha value is -3.64. The van der Waals surface area contributed by atoms with Gasteiger partial charge in [-0.3, -0.25) is 0 Å². The molecule has 0 saturated heterocycles. The van der Waals surface area contributed by atoms with Crippen molar-refractivity contribution in [3.8, 4) is 0 Å². The van der Waals surface area contributed by atoms with Crippen LogP contribution in [0.15, 0.2) is 72.8 Å². The zero-order valence-corrected chi connectivity index (χ0v) is 14.9. The van der Waals surface area contributed by atoms with Gasteiger partial charge < -0.3 is 0 Å². The van der Waals surface area contributed by atoms with Gasteiger partial charge in [0.25, 0.3) is 0 Å². The van der Waals surface area contributed by atoms with E-state index in [4.69, 9.17) is 0 Å². The van der Waals surface area contributed by atoms with Crippen molar-refractivity contribution in [3.05, 3.63) is 72.8 Å². The van der Waals surface area contributed by atoms with Crippen LogP contribution < -0.4 is 0 Å². The predicted molar refractivity (Wildman–Crippen MR) is 122 cm³/mol. The lowest BCUT2D eigenvalue weighted by molar-refractivity contribution is 1.86. The van der Waals surface area contributed by atoms with Crippen molar-refractivity contribution in [2.45, 2.75) is 0 Å². The summed E-state index contributed by atoms with van der Waals surface area (Å²) in [6, 6.07) is 27.7. The lowest BCUT2D eigenvalue weighted by Crippen LogP contribution is -1.85. The minimum absolute atomic E-state index is 1.36. The van der Waals surface area contributed by atoms with Gasteiger partial charge in [-0.2, -0.15) is 0 Å². The average Bonchev–Trinajstić information content (AvgIpc) is 3.27. The number of hydrogen-bond acceptors (Lipinski definition) is 0. The molecule has 0 saturated carbocycles. The standard InChI is InChI=1S/C28H12/c1-3-15-16-4-2-6-18-20-12-10-14-8-7-13-9-11-19-17(5-1)23(15)27-25(19)21(13)22(14)26(20)28(27)24(16)18/h1-12H. The maximum atomic E-state index is 2.35. The minimum Gasteiger partial charge on any atom is -0.0610 e. The lowest BCUT2D eigenvalue weighted by Gasteiger charge is -2.14. The molecule has 0 atom stereocenters. The molecule has 0 bridgehead atoms. The molecule has 0 aliphatic carbocycles. The summed E-state index contributed by atoms with van der Waals surface area (Å²) < 4.78 is 0. The van der Waals surface area contributed by atoms with Crippen molar-refractivity contribution in [1.82, 2.24) is 0 Å². The Morgan fingerprint density at radius 3 is 1.04 bits per heavy atom. The Labute approximate surface area is 159 Å². The smallest absolute Gasteiger partial charge is 0.0000710 e. The third-order valence-corrected chi connectivity index (χ3v) is 7.42. The highest BCUT2D eigenvalue weighted by Crippen LogP contribution is 2.56. The highest BCUT2D eigenvalue weighted by Gasteiger charge is 2.27. The number of benzene rings is 7. The highest BCUT2D eigenvalue weighted by molar-refractivity contribution is 6.56. The molecule has 9 aromatic rings. The summed E-state index contributed by atoms with van der Waals surface area (Å²) in [5.41, 5.74) is 0. The molecule has 0 aliphatic rings. The van der Waals surface area contributed by atoms with Gasteiger partial charge in [0.05, 0.1) is 0 Å². The molecule has 0 nitrogen and oxygen atoms in total. The van der Waals surface area contributed by atoms with Crippen LogP contribution in [0.4, 0.5) is 0 Å². The number of hydrogen-bond donors (Lipinski definition) is 0. The maximum Gasteiger partial charge on any atom is -0.0000710 e. The molecule has 9 rings (SSSR count). The van der Waals surface area contributed by atoms with Gasteiger partial charge in [0.2, 0.25) is 0 Å². The predicted octanol–water partition coefficient (Wildman–Crippen LogP) is 8.10. The van der Waals surface area contributed by atoms with E-state index >= 15 is 0 Å². The number of fused-ring (bicyclic) bond motifs is 3. The molecule has 0 fully saturated rings. The normalized spacial score (nSPS) is 13.7. The van der Waals surface area contributed by atoms with E-state index in [9.17, 15) is 0 Å². The molecule has 9 aromatic carbocycles. The lowest BCUT2D eigenvalue weighted by atomic mass is 9.88. The Morgan fingerprint density at radius 2 is 0.607 bits per heavy atom. The summed E-state index contributed by atoms with van der Waals surface area (Å²) in [5.74, 6) is 0. The molecule has 0 heterocycles. The summed E-state index contributed by atoms with van der Waals surface area (Å²) in [4.78, 5) is 0. The molecule has 0 spiro atoms. The highest BCUT2D eigenvalue weighted by atomic mass is 14.3. The first kappa shape index (κ1) is 12.7. The van der Waals surface area contributed by atoms with Gasteiger partial charge in [0.15, 0.2) is 0 Å². The van der Waals surface area contributed by atoms with Crippen LogP contribution in [0.1, 0.15) is 0 Å². The monoisotopic (exact) mass is 348 g/mol. The summed E-state index contributed by atoms with van der Waals surface area (Å²) in [6.45, 7) is 0. The van der Waals surface area contributed by atoms with Crippen LogP contribution in [0.2, 0.25) is 0 Å². The maximum absolute atomic E-state index is 2.35. The van der Waals surface area contributed by atoms with Gasteiger partial charge in [-0.15, -0.1) is 0 Å². The van der Waals surface area contributed by atoms with Gasteiger partial charge in [-0.25, -0.2) is 0 Å². The quantitative estimate of drug-likeness (QED) is 0.192. The molecule has 0 amide bonds. The molecule has 0 radical (unpaired) electrons. The van der Waals surface area contributed by atoms with Gasteiger partial charge in [-0.1, -0.05) is 72.8 Å². The fraction of sp³-hybridized carbons (Fsp3) is 0. The van der Waals surface area contributed by atoms with Crippen molar-refractivity contribution in [1.29, 1.82) is 0 Å². The van der Waals surface area contributed by atoms with Gasteiger partial charge >= 0.3 is 0 Å². The van der Waals surface area contributed by atoms with E-state index in [0.29, 0.717) is 0 Å². The van der Waals surface area contributed by atoms with Crippen molar-refractivity contribution in [2.24, 2.45) is 0 Å². The molecule has 124 valence electrons.